The molecule has 0 aliphatic rings. The van der Waals surface area contributed by atoms with Gasteiger partial charge in [0.2, 0.25) is 10.0 Å². The van der Waals surface area contributed by atoms with Gasteiger partial charge in [0.1, 0.15) is 0 Å². The van der Waals surface area contributed by atoms with Crippen molar-refractivity contribution < 1.29 is 8.42 Å². The molecule has 1 aromatic rings. The first-order chi connectivity index (χ1) is 9.75. The Morgan fingerprint density at radius 3 is 2.14 bits per heavy atom. The minimum atomic E-state index is -3.34. The molecule has 0 heterocycles. The van der Waals surface area contributed by atoms with Crippen LogP contribution in [0.4, 0.5) is 0 Å². The second-order valence-electron chi connectivity index (χ2n) is 6.07. The van der Waals surface area contributed by atoms with Crippen LogP contribution in [0.1, 0.15) is 45.2 Å². The molecule has 120 valence electrons. The molecule has 0 aromatic heterocycles. The van der Waals surface area contributed by atoms with Gasteiger partial charge in [0.05, 0.1) is 4.90 Å². The highest BCUT2D eigenvalue weighted by atomic mass is 32.2. The third-order valence-corrected chi connectivity index (χ3v) is 5.40. The van der Waals surface area contributed by atoms with Gasteiger partial charge in [-0.05, 0) is 49.9 Å². The maximum atomic E-state index is 12.0. The Morgan fingerprint density at radius 1 is 1.10 bits per heavy atom. The van der Waals surface area contributed by atoms with E-state index in [-0.39, 0.29) is 6.04 Å². The van der Waals surface area contributed by atoms with Gasteiger partial charge in [0, 0.05) is 20.1 Å². The summed E-state index contributed by atoms with van der Waals surface area (Å²) in [6.45, 7) is 7.54. The average molecular weight is 312 g/mol. The zero-order chi connectivity index (χ0) is 16.0. The Kier molecular flexibility index (Phi) is 6.84. The van der Waals surface area contributed by atoms with E-state index in [2.05, 4.69) is 26.1 Å². The van der Waals surface area contributed by atoms with Crippen molar-refractivity contribution in [2.45, 2.75) is 44.6 Å². The van der Waals surface area contributed by atoms with Crippen molar-refractivity contribution in [3.8, 4) is 0 Å². The molecule has 1 aromatic carbocycles. The van der Waals surface area contributed by atoms with Crippen LogP contribution in [0.15, 0.2) is 29.2 Å². The van der Waals surface area contributed by atoms with Crippen LogP contribution in [0.3, 0.4) is 0 Å². The largest absolute Gasteiger partial charge is 0.310 e. The third kappa shape index (κ3) is 5.41. The van der Waals surface area contributed by atoms with Gasteiger partial charge in [-0.3, -0.25) is 0 Å². The normalized spacial score (nSPS) is 13.9. The van der Waals surface area contributed by atoms with Gasteiger partial charge in [-0.2, -0.15) is 0 Å². The maximum Gasteiger partial charge on any atom is 0.242 e. The van der Waals surface area contributed by atoms with Crippen LogP contribution >= 0.6 is 0 Å². The summed E-state index contributed by atoms with van der Waals surface area (Å²) in [5.41, 5.74) is 1.11. The highest BCUT2D eigenvalue weighted by molar-refractivity contribution is 7.89. The third-order valence-electron chi connectivity index (χ3n) is 3.57. The van der Waals surface area contributed by atoms with Crippen molar-refractivity contribution in [1.82, 2.24) is 9.62 Å². The molecule has 0 radical (unpaired) electrons. The number of hydrogen-bond donors (Lipinski definition) is 1. The van der Waals surface area contributed by atoms with E-state index in [1.165, 1.54) is 10.7 Å². The van der Waals surface area contributed by atoms with Crippen molar-refractivity contribution in [2.24, 2.45) is 5.92 Å². The van der Waals surface area contributed by atoms with E-state index in [0.717, 1.165) is 24.4 Å². The van der Waals surface area contributed by atoms with Crippen LogP contribution < -0.4 is 5.32 Å². The first kappa shape index (κ1) is 18.1. The molecule has 4 nitrogen and oxygen atoms in total. The van der Waals surface area contributed by atoms with Gasteiger partial charge >= 0.3 is 0 Å². The molecule has 1 atom stereocenters. The number of hydrogen-bond acceptors (Lipinski definition) is 3. The first-order valence-corrected chi connectivity index (χ1v) is 8.95. The van der Waals surface area contributed by atoms with E-state index in [4.69, 9.17) is 0 Å². The van der Waals surface area contributed by atoms with Gasteiger partial charge < -0.3 is 5.32 Å². The minimum Gasteiger partial charge on any atom is -0.310 e. The smallest absolute Gasteiger partial charge is 0.242 e. The van der Waals surface area contributed by atoms with E-state index < -0.39 is 10.0 Å². The average Bonchev–Trinajstić information content (AvgIpc) is 2.43. The number of nitrogens with one attached hydrogen (secondary N) is 1. The van der Waals surface area contributed by atoms with Gasteiger partial charge in [0.25, 0.3) is 0 Å². The van der Waals surface area contributed by atoms with Crippen molar-refractivity contribution in [1.29, 1.82) is 0 Å². The molecular formula is C16H28N2O2S. The van der Waals surface area contributed by atoms with Gasteiger partial charge in [-0.15, -0.1) is 0 Å². The summed E-state index contributed by atoms with van der Waals surface area (Å²) >= 11 is 0. The fourth-order valence-electron chi connectivity index (χ4n) is 2.09. The first-order valence-electron chi connectivity index (χ1n) is 7.51. The van der Waals surface area contributed by atoms with E-state index >= 15 is 0 Å². The monoisotopic (exact) mass is 312 g/mol. The zero-order valence-electron chi connectivity index (χ0n) is 13.8. The molecule has 0 spiro atoms. The Bertz CT molecular complexity index is 522. The van der Waals surface area contributed by atoms with Crippen LogP contribution in [0, 0.1) is 5.92 Å². The van der Waals surface area contributed by atoms with Crippen LogP contribution in [0.2, 0.25) is 0 Å². The summed E-state index contributed by atoms with van der Waals surface area (Å²) < 4.78 is 25.2. The maximum absolute atomic E-state index is 12.0. The Morgan fingerprint density at radius 2 is 1.67 bits per heavy atom. The number of nitrogens with zero attached hydrogens (tertiary/aromatic N) is 1. The molecule has 0 aliphatic carbocycles. The zero-order valence-corrected chi connectivity index (χ0v) is 14.6. The van der Waals surface area contributed by atoms with Crippen molar-refractivity contribution in [3.05, 3.63) is 29.8 Å². The number of rotatable bonds is 8. The summed E-state index contributed by atoms with van der Waals surface area (Å²) in [4.78, 5) is 0.336. The summed E-state index contributed by atoms with van der Waals surface area (Å²) in [5.74, 6) is 0.734. The Balaban J connectivity index is 2.62. The van der Waals surface area contributed by atoms with Crippen LogP contribution in [0.5, 0.6) is 0 Å². The van der Waals surface area contributed by atoms with Crippen LogP contribution in [0.25, 0.3) is 0 Å². The quantitative estimate of drug-likeness (QED) is 0.751. The molecule has 0 fully saturated rings. The predicted octanol–water partition coefficient (Wildman–Crippen LogP) is 3.02. The molecule has 21 heavy (non-hydrogen) atoms. The van der Waals surface area contributed by atoms with E-state index in [1.54, 1.807) is 26.2 Å². The van der Waals surface area contributed by atoms with E-state index in [9.17, 15) is 8.42 Å². The standard InChI is InChI=1S/C16H28N2O2S/c1-13(2)7-6-12-17-14(3)15-8-10-16(11-9-15)21(19,20)18(4)5/h8-11,13-14,17H,6-7,12H2,1-5H3. The minimum absolute atomic E-state index is 0.230. The van der Waals surface area contributed by atoms with Crippen LogP contribution in [-0.2, 0) is 10.0 Å². The molecule has 1 N–H and O–H groups in total. The molecule has 0 bridgehead atoms. The number of benzene rings is 1. The Hall–Kier alpha value is -0.910. The van der Waals surface area contributed by atoms with E-state index in [0.29, 0.717) is 4.90 Å². The summed E-state index contributed by atoms with van der Waals surface area (Å²) in [5, 5.41) is 3.48. The lowest BCUT2D eigenvalue weighted by molar-refractivity contribution is 0.497. The molecule has 1 unspecified atom stereocenters. The molecule has 5 heteroatoms. The molecule has 0 saturated heterocycles. The van der Waals surface area contributed by atoms with Gasteiger partial charge in [-0.1, -0.05) is 26.0 Å². The Labute approximate surface area is 129 Å². The molecule has 0 saturated carbocycles. The summed E-state index contributed by atoms with van der Waals surface area (Å²) in [6.07, 6.45) is 2.38. The molecule has 0 amide bonds. The lowest BCUT2D eigenvalue weighted by atomic mass is 10.1. The summed E-state index contributed by atoms with van der Waals surface area (Å²) in [7, 11) is -0.249. The highest BCUT2D eigenvalue weighted by Crippen LogP contribution is 2.18. The topological polar surface area (TPSA) is 49.4 Å². The molecular weight excluding hydrogens is 284 g/mol. The lowest BCUT2D eigenvalue weighted by Crippen LogP contribution is -2.23. The number of sulfonamides is 1. The lowest BCUT2D eigenvalue weighted by Gasteiger charge is -2.16. The molecule has 0 aliphatic heterocycles. The fourth-order valence-corrected chi connectivity index (χ4v) is 2.99. The fraction of sp³-hybridized carbons (Fsp3) is 0.625. The second kappa shape index (κ2) is 7.92. The van der Waals surface area contributed by atoms with Crippen molar-refractivity contribution >= 4 is 10.0 Å². The van der Waals surface area contributed by atoms with Gasteiger partial charge in [-0.25, -0.2) is 12.7 Å². The highest BCUT2D eigenvalue weighted by Gasteiger charge is 2.17. The SMILES string of the molecule is CC(C)CCCNC(C)c1ccc(S(=O)(=O)N(C)C)cc1. The predicted molar refractivity (Wildman–Crippen MR) is 87.8 cm³/mol. The second-order valence-corrected chi connectivity index (χ2v) is 8.22. The molecule has 1 rings (SSSR count). The van der Waals surface area contributed by atoms with Crippen molar-refractivity contribution in [2.75, 3.05) is 20.6 Å². The van der Waals surface area contributed by atoms with E-state index in [1.807, 2.05) is 12.1 Å². The van der Waals surface area contributed by atoms with Crippen molar-refractivity contribution in [3.63, 3.8) is 0 Å². The van der Waals surface area contributed by atoms with Gasteiger partial charge in [0.15, 0.2) is 0 Å². The van der Waals surface area contributed by atoms with Crippen LogP contribution in [-0.4, -0.2) is 33.4 Å². The summed E-state index contributed by atoms with van der Waals surface area (Å²) in [6, 6.07) is 7.36.